The number of nitrogens with one attached hydrogen (secondary N) is 1. The number of thioether (sulfide) groups is 1. The van der Waals surface area contributed by atoms with E-state index >= 15 is 0 Å². The second-order valence-corrected chi connectivity index (χ2v) is 11.1. The first-order valence-corrected chi connectivity index (χ1v) is 14.1. The molecule has 2 aliphatic rings. The van der Waals surface area contributed by atoms with Crippen LogP contribution in [0.2, 0.25) is 0 Å². The van der Waals surface area contributed by atoms with Gasteiger partial charge in [-0.15, -0.1) is 32.9 Å². The number of carbonyl (C=O) groups excluding carboxylic acids is 2. The minimum atomic E-state index is -0.359. The van der Waals surface area contributed by atoms with E-state index in [-0.39, 0.29) is 23.7 Å². The number of hydrogen-bond acceptors (Lipinski definition) is 9. The molecule has 34 heavy (non-hydrogen) atoms. The number of esters is 1. The second kappa shape index (κ2) is 10.6. The lowest BCUT2D eigenvalue weighted by Gasteiger charge is -2.14. The highest BCUT2D eigenvalue weighted by molar-refractivity contribution is 7.99. The molecule has 0 bridgehead atoms. The number of rotatable bonds is 9. The second-order valence-electron chi connectivity index (χ2n) is 8.15. The van der Waals surface area contributed by atoms with Crippen LogP contribution in [0, 0.1) is 0 Å². The van der Waals surface area contributed by atoms with E-state index in [4.69, 9.17) is 9.47 Å². The molecule has 5 rings (SSSR count). The van der Waals surface area contributed by atoms with Crippen LogP contribution in [0.5, 0.6) is 0 Å². The Morgan fingerprint density at radius 3 is 3.00 bits per heavy atom. The SMILES string of the molecule is CCOC(=O)c1c(NC(=O)CSc2nnc(-c3cccs3)n2CC2CCCO2)sc2c1CCC2. The van der Waals surface area contributed by atoms with Gasteiger partial charge >= 0.3 is 5.97 Å². The van der Waals surface area contributed by atoms with Crippen molar-refractivity contribution in [3.63, 3.8) is 0 Å². The van der Waals surface area contributed by atoms with E-state index in [1.165, 1.54) is 28.0 Å². The Morgan fingerprint density at radius 1 is 1.32 bits per heavy atom. The van der Waals surface area contributed by atoms with Crippen molar-refractivity contribution in [2.75, 3.05) is 24.3 Å². The largest absolute Gasteiger partial charge is 0.462 e. The molecular weight excluding hydrogens is 492 g/mol. The maximum Gasteiger partial charge on any atom is 0.341 e. The fourth-order valence-electron chi connectivity index (χ4n) is 4.34. The fourth-order valence-corrected chi connectivity index (χ4v) is 7.10. The number of thiophene rings is 2. The van der Waals surface area contributed by atoms with E-state index in [0.29, 0.717) is 28.9 Å². The van der Waals surface area contributed by atoms with E-state index in [0.717, 1.165) is 55.0 Å². The minimum absolute atomic E-state index is 0.128. The molecule has 180 valence electrons. The number of fused-ring (bicyclic) bond motifs is 1. The quantitative estimate of drug-likeness (QED) is 0.326. The van der Waals surface area contributed by atoms with Crippen molar-refractivity contribution in [3.05, 3.63) is 33.5 Å². The molecule has 0 saturated carbocycles. The summed E-state index contributed by atoms with van der Waals surface area (Å²) in [6.45, 7) is 3.53. The van der Waals surface area contributed by atoms with Crippen LogP contribution >= 0.6 is 34.4 Å². The van der Waals surface area contributed by atoms with Gasteiger partial charge in [0.15, 0.2) is 11.0 Å². The van der Waals surface area contributed by atoms with Crippen molar-refractivity contribution < 1.29 is 19.1 Å². The summed E-state index contributed by atoms with van der Waals surface area (Å²) in [4.78, 5) is 27.7. The van der Waals surface area contributed by atoms with Gasteiger partial charge < -0.3 is 14.8 Å². The normalized spacial score (nSPS) is 17.1. The van der Waals surface area contributed by atoms with Crippen LogP contribution in [0.15, 0.2) is 22.7 Å². The average molecular weight is 519 g/mol. The van der Waals surface area contributed by atoms with E-state index in [9.17, 15) is 9.59 Å². The summed E-state index contributed by atoms with van der Waals surface area (Å²) in [6.07, 6.45) is 5.01. The summed E-state index contributed by atoms with van der Waals surface area (Å²) in [7, 11) is 0. The number of aromatic nitrogens is 3. The molecule has 1 unspecified atom stereocenters. The van der Waals surface area contributed by atoms with Gasteiger partial charge in [-0.3, -0.25) is 9.36 Å². The molecule has 1 saturated heterocycles. The highest BCUT2D eigenvalue weighted by Crippen LogP contribution is 2.39. The molecule has 1 aliphatic heterocycles. The molecule has 4 heterocycles. The number of ether oxygens (including phenoxy) is 2. The van der Waals surface area contributed by atoms with Crippen LogP contribution in [-0.2, 0) is 33.7 Å². The predicted octanol–water partition coefficient (Wildman–Crippen LogP) is 4.64. The molecule has 0 aromatic carbocycles. The molecule has 1 fully saturated rings. The molecule has 1 aliphatic carbocycles. The highest BCUT2D eigenvalue weighted by atomic mass is 32.2. The number of hydrogen-bond donors (Lipinski definition) is 1. The molecular formula is C23H26N4O4S3. The molecule has 3 aromatic rings. The molecule has 1 atom stereocenters. The van der Waals surface area contributed by atoms with Crippen molar-refractivity contribution in [3.8, 4) is 10.7 Å². The van der Waals surface area contributed by atoms with Gasteiger partial charge in [0.25, 0.3) is 0 Å². The van der Waals surface area contributed by atoms with Crippen LogP contribution in [0.3, 0.4) is 0 Å². The number of nitrogens with zero attached hydrogens (tertiary/aromatic N) is 3. The van der Waals surface area contributed by atoms with Gasteiger partial charge in [0.1, 0.15) is 5.00 Å². The Kier molecular flexibility index (Phi) is 7.33. The Balaban J connectivity index is 1.30. The highest BCUT2D eigenvalue weighted by Gasteiger charge is 2.29. The van der Waals surface area contributed by atoms with Gasteiger partial charge in [0.2, 0.25) is 5.91 Å². The fraction of sp³-hybridized carbons (Fsp3) is 0.478. The zero-order valence-electron chi connectivity index (χ0n) is 18.9. The smallest absolute Gasteiger partial charge is 0.341 e. The van der Waals surface area contributed by atoms with Gasteiger partial charge in [-0.2, -0.15) is 0 Å². The lowest BCUT2D eigenvalue weighted by Crippen LogP contribution is -2.18. The Hall–Kier alpha value is -2.21. The molecule has 3 aromatic heterocycles. The minimum Gasteiger partial charge on any atom is -0.462 e. The Bertz CT molecular complexity index is 1170. The molecule has 0 radical (unpaired) electrons. The van der Waals surface area contributed by atoms with Gasteiger partial charge in [-0.25, -0.2) is 4.79 Å². The predicted molar refractivity (Wildman–Crippen MR) is 134 cm³/mol. The summed E-state index contributed by atoms with van der Waals surface area (Å²) in [5.74, 6) is 0.424. The maximum atomic E-state index is 12.9. The number of amides is 1. The van der Waals surface area contributed by atoms with Gasteiger partial charge in [-0.1, -0.05) is 17.8 Å². The van der Waals surface area contributed by atoms with Gasteiger partial charge in [-0.05, 0) is 56.0 Å². The van der Waals surface area contributed by atoms with Crippen LogP contribution in [-0.4, -0.2) is 51.7 Å². The van der Waals surface area contributed by atoms with E-state index in [2.05, 4.69) is 20.1 Å². The number of aryl methyl sites for hydroxylation is 1. The lowest BCUT2D eigenvalue weighted by atomic mass is 10.1. The standard InChI is InChI=1S/C23H26N4O4S3/c1-2-30-22(29)19-15-7-3-8-16(15)34-21(19)24-18(28)13-33-23-26-25-20(17-9-5-11-32-17)27(23)12-14-6-4-10-31-14/h5,9,11,14H,2-4,6-8,10,12-13H2,1H3,(H,24,28). The monoisotopic (exact) mass is 518 g/mol. The van der Waals surface area contributed by atoms with Crippen LogP contribution in [0.1, 0.15) is 47.0 Å². The first-order valence-electron chi connectivity index (χ1n) is 11.5. The molecule has 1 amide bonds. The molecule has 11 heteroatoms. The third kappa shape index (κ3) is 4.93. The summed E-state index contributed by atoms with van der Waals surface area (Å²) in [6, 6.07) is 4.01. The van der Waals surface area contributed by atoms with Crippen molar-refractivity contribution in [1.82, 2.24) is 14.8 Å². The van der Waals surface area contributed by atoms with Crippen molar-refractivity contribution in [1.29, 1.82) is 0 Å². The van der Waals surface area contributed by atoms with Crippen LogP contribution < -0.4 is 5.32 Å². The Labute approximate surface area is 210 Å². The topological polar surface area (TPSA) is 95.3 Å². The number of carbonyl (C=O) groups is 2. The van der Waals surface area contributed by atoms with Crippen LogP contribution in [0.25, 0.3) is 10.7 Å². The first-order chi connectivity index (χ1) is 16.6. The Morgan fingerprint density at radius 2 is 2.24 bits per heavy atom. The summed E-state index contributed by atoms with van der Waals surface area (Å²) >= 11 is 4.45. The van der Waals surface area contributed by atoms with Gasteiger partial charge in [0, 0.05) is 11.5 Å². The zero-order valence-corrected chi connectivity index (χ0v) is 21.3. The van der Waals surface area contributed by atoms with E-state index < -0.39 is 0 Å². The van der Waals surface area contributed by atoms with Crippen molar-refractivity contribution in [2.24, 2.45) is 0 Å². The van der Waals surface area contributed by atoms with E-state index in [1.807, 2.05) is 17.5 Å². The van der Waals surface area contributed by atoms with Crippen molar-refractivity contribution in [2.45, 2.75) is 56.8 Å². The van der Waals surface area contributed by atoms with Crippen LogP contribution in [0.4, 0.5) is 5.00 Å². The maximum absolute atomic E-state index is 12.9. The van der Waals surface area contributed by atoms with Crippen molar-refractivity contribution >= 4 is 51.3 Å². The molecule has 8 nitrogen and oxygen atoms in total. The van der Waals surface area contributed by atoms with Gasteiger partial charge in [0.05, 0.1) is 35.4 Å². The third-order valence-corrected chi connectivity index (χ3v) is 8.89. The lowest BCUT2D eigenvalue weighted by molar-refractivity contribution is -0.113. The van der Waals surface area contributed by atoms with E-state index in [1.54, 1.807) is 18.3 Å². The molecule has 1 N–H and O–H groups in total. The summed E-state index contributed by atoms with van der Waals surface area (Å²) in [5, 5.41) is 15.0. The zero-order chi connectivity index (χ0) is 23.5. The summed E-state index contributed by atoms with van der Waals surface area (Å²) < 4.78 is 13.2. The summed E-state index contributed by atoms with van der Waals surface area (Å²) in [5.41, 5.74) is 1.56. The third-order valence-electron chi connectivity index (χ3n) is 5.85. The molecule has 0 spiro atoms. The average Bonchev–Trinajstić information content (AvgIpc) is 3.61. The number of anilines is 1. The first kappa shape index (κ1) is 23.5.